The highest BCUT2D eigenvalue weighted by molar-refractivity contribution is 5.69. The molecule has 4 nitrogen and oxygen atoms in total. The SMILES string of the molecule is Cc1oc(-c2ccco2)nc1C=Cc1ccc(CO)cc1. The van der Waals surface area contributed by atoms with Gasteiger partial charge in [-0.15, -0.1) is 0 Å². The van der Waals surface area contributed by atoms with Gasteiger partial charge in [-0.3, -0.25) is 0 Å². The molecule has 4 heteroatoms. The fourth-order valence-corrected chi connectivity index (χ4v) is 1.98. The molecule has 0 atom stereocenters. The summed E-state index contributed by atoms with van der Waals surface area (Å²) in [4.78, 5) is 4.41. The van der Waals surface area contributed by atoms with E-state index in [0.29, 0.717) is 11.7 Å². The van der Waals surface area contributed by atoms with E-state index in [-0.39, 0.29) is 6.61 Å². The van der Waals surface area contributed by atoms with E-state index in [1.165, 1.54) is 0 Å². The maximum Gasteiger partial charge on any atom is 0.263 e. The van der Waals surface area contributed by atoms with Crippen molar-refractivity contribution in [3.63, 3.8) is 0 Å². The molecule has 0 aliphatic rings. The number of hydrogen-bond donors (Lipinski definition) is 1. The standard InChI is InChI=1S/C17H15NO3/c1-12-15(18-17(21-12)16-3-2-10-20-16)9-8-13-4-6-14(11-19)7-5-13/h2-10,19H,11H2,1H3. The Morgan fingerprint density at radius 2 is 1.95 bits per heavy atom. The maximum atomic E-state index is 9.02. The number of nitrogens with zero attached hydrogens (tertiary/aromatic N) is 1. The summed E-state index contributed by atoms with van der Waals surface area (Å²) in [6, 6.07) is 11.3. The van der Waals surface area contributed by atoms with E-state index in [4.69, 9.17) is 13.9 Å². The lowest BCUT2D eigenvalue weighted by atomic mass is 10.1. The highest BCUT2D eigenvalue weighted by atomic mass is 16.4. The molecule has 2 heterocycles. The Hall–Kier alpha value is -2.59. The van der Waals surface area contributed by atoms with Gasteiger partial charge in [0.2, 0.25) is 0 Å². The van der Waals surface area contributed by atoms with Crippen molar-refractivity contribution in [3.05, 3.63) is 65.2 Å². The molecule has 3 aromatic rings. The molecule has 106 valence electrons. The van der Waals surface area contributed by atoms with Gasteiger partial charge in [0.15, 0.2) is 5.76 Å². The Morgan fingerprint density at radius 3 is 2.62 bits per heavy atom. The Kier molecular flexibility index (Phi) is 3.71. The molecule has 1 aromatic carbocycles. The van der Waals surface area contributed by atoms with Crippen molar-refractivity contribution in [2.24, 2.45) is 0 Å². The third-order valence-electron chi connectivity index (χ3n) is 3.16. The van der Waals surface area contributed by atoms with Crippen molar-refractivity contribution in [1.82, 2.24) is 4.98 Å². The number of hydrogen-bond acceptors (Lipinski definition) is 4. The lowest BCUT2D eigenvalue weighted by Crippen LogP contribution is -1.82. The minimum absolute atomic E-state index is 0.0545. The predicted octanol–water partition coefficient (Wildman–Crippen LogP) is 3.91. The summed E-state index contributed by atoms with van der Waals surface area (Å²) in [5, 5.41) is 9.02. The predicted molar refractivity (Wildman–Crippen MR) is 80.2 cm³/mol. The van der Waals surface area contributed by atoms with Gasteiger partial charge in [-0.1, -0.05) is 30.3 Å². The van der Waals surface area contributed by atoms with Crippen molar-refractivity contribution in [1.29, 1.82) is 0 Å². The molecule has 0 fully saturated rings. The molecular weight excluding hydrogens is 266 g/mol. The summed E-state index contributed by atoms with van der Waals surface area (Å²) < 4.78 is 10.9. The van der Waals surface area contributed by atoms with Crippen molar-refractivity contribution < 1.29 is 13.9 Å². The van der Waals surface area contributed by atoms with Crippen molar-refractivity contribution in [2.75, 3.05) is 0 Å². The molecule has 1 N–H and O–H groups in total. The summed E-state index contributed by atoms with van der Waals surface area (Å²) in [5.41, 5.74) is 2.70. The minimum atomic E-state index is 0.0545. The number of benzene rings is 1. The third kappa shape index (κ3) is 2.95. The first-order valence-corrected chi connectivity index (χ1v) is 6.65. The molecule has 0 aliphatic heterocycles. The van der Waals surface area contributed by atoms with Gasteiger partial charge in [0.25, 0.3) is 5.89 Å². The van der Waals surface area contributed by atoms with Crippen LogP contribution in [-0.4, -0.2) is 10.1 Å². The lowest BCUT2D eigenvalue weighted by molar-refractivity contribution is 0.282. The molecule has 0 saturated carbocycles. The summed E-state index contributed by atoms with van der Waals surface area (Å²) in [6.07, 6.45) is 5.45. The van der Waals surface area contributed by atoms with E-state index in [9.17, 15) is 0 Å². The van der Waals surface area contributed by atoms with Crippen LogP contribution in [0.1, 0.15) is 22.6 Å². The maximum absolute atomic E-state index is 9.02. The van der Waals surface area contributed by atoms with Crippen molar-refractivity contribution in [3.8, 4) is 11.7 Å². The summed E-state index contributed by atoms with van der Waals surface area (Å²) in [5.74, 6) is 1.84. The molecule has 0 unspecified atom stereocenters. The van der Waals surface area contributed by atoms with Crippen LogP contribution < -0.4 is 0 Å². The van der Waals surface area contributed by atoms with E-state index >= 15 is 0 Å². The van der Waals surface area contributed by atoms with Gasteiger partial charge in [-0.05, 0) is 36.3 Å². The van der Waals surface area contributed by atoms with Gasteiger partial charge >= 0.3 is 0 Å². The van der Waals surface area contributed by atoms with Crippen LogP contribution >= 0.6 is 0 Å². The summed E-state index contributed by atoms with van der Waals surface area (Å²) in [6.45, 7) is 1.92. The van der Waals surface area contributed by atoms with Crippen LogP contribution in [0.25, 0.3) is 23.8 Å². The van der Waals surface area contributed by atoms with Crippen molar-refractivity contribution in [2.45, 2.75) is 13.5 Å². The van der Waals surface area contributed by atoms with E-state index in [2.05, 4.69) is 4.98 Å². The van der Waals surface area contributed by atoms with Crippen LogP contribution in [-0.2, 0) is 6.61 Å². The lowest BCUT2D eigenvalue weighted by Gasteiger charge is -1.96. The zero-order valence-electron chi connectivity index (χ0n) is 11.6. The fraction of sp³-hybridized carbons (Fsp3) is 0.118. The third-order valence-corrected chi connectivity index (χ3v) is 3.16. The Bertz CT molecular complexity index is 737. The van der Waals surface area contributed by atoms with E-state index in [0.717, 1.165) is 22.6 Å². The van der Waals surface area contributed by atoms with E-state index in [1.807, 2.05) is 49.4 Å². The van der Waals surface area contributed by atoms with Gasteiger partial charge in [0, 0.05) is 0 Å². The second-order valence-corrected chi connectivity index (χ2v) is 4.67. The average molecular weight is 281 g/mol. The van der Waals surface area contributed by atoms with Crippen LogP contribution in [0.15, 0.2) is 51.5 Å². The Morgan fingerprint density at radius 1 is 1.14 bits per heavy atom. The fourth-order valence-electron chi connectivity index (χ4n) is 1.98. The first-order valence-electron chi connectivity index (χ1n) is 6.65. The molecule has 21 heavy (non-hydrogen) atoms. The zero-order valence-corrected chi connectivity index (χ0v) is 11.6. The normalized spacial score (nSPS) is 11.3. The quantitative estimate of drug-likeness (QED) is 0.787. The van der Waals surface area contributed by atoms with Gasteiger partial charge in [-0.2, -0.15) is 0 Å². The second-order valence-electron chi connectivity index (χ2n) is 4.67. The molecule has 2 aromatic heterocycles. The van der Waals surface area contributed by atoms with Crippen LogP contribution in [0.3, 0.4) is 0 Å². The molecule has 0 aliphatic carbocycles. The topological polar surface area (TPSA) is 59.4 Å². The number of aromatic nitrogens is 1. The first kappa shape index (κ1) is 13.4. The van der Waals surface area contributed by atoms with Gasteiger partial charge in [0.05, 0.1) is 12.9 Å². The first-order chi connectivity index (χ1) is 10.3. The zero-order chi connectivity index (χ0) is 14.7. The molecule has 0 radical (unpaired) electrons. The van der Waals surface area contributed by atoms with Gasteiger partial charge in [-0.25, -0.2) is 4.98 Å². The van der Waals surface area contributed by atoms with Crippen molar-refractivity contribution >= 4 is 12.2 Å². The van der Waals surface area contributed by atoms with Crippen LogP contribution in [0, 0.1) is 6.92 Å². The van der Waals surface area contributed by atoms with Crippen LogP contribution in [0.4, 0.5) is 0 Å². The van der Waals surface area contributed by atoms with E-state index < -0.39 is 0 Å². The molecule has 0 amide bonds. The molecule has 0 bridgehead atoms. The van der Waals surface area contributed by atoms with Crippen LogP contribution in [0.5, 0.6) is 0 Å². The van der Waals surface area contributed by atoms with E-state index in [1.54, 1.807) is 12.3 Å². The minimum Gasteiger partial charge on any atom is -0.459 e. The number of aliphatic hydroxyl groups is 1. The smallest absolute Gasteiger partial charge is 0.263 e. The van der Waals surface area contributed by atoms with Gasteiger partial charge in [0.1, 0.15) is 11.5 Å². The number of aliphatic hydroxyl groups excluding tert-OH is 1. The number of rotatable bonds is 4. The number of furan rings is 1. The highest BCUT2D eigenvalue weighted by Gasteiger charge is 2.11. The Balaban J connectivity index is 1.82. The summed E-state index contributed by atoms with van der Waals surface area (Å²) in [7, 11) is 0. The highest BCUT2D eigenvalue weighted by Crippen LogP contribution is 2.23. The number of oxazole rings is 1. The molecule has 0 saturated heterocycles. The average Bonchev–Trinajstić information content (AvgIpc) is 3.15. The Labute approximate surface area is 122 Å². The molecule has 3 rings (SSSR count). The van der Waals surface area contributed by atoms with Crippen LogP contribution in [0.2, 0.25) is 0 Å². The molecule has 0 spiro atoms. The number of aryl methyl sites for hydroxylation is 1. The van der Waals surface area contributed by atoms with Gasteiger partial charge < -0.3 is 13.9 Å². The largest absolute Gasteiger partial charge is 0.459 e. The molecular formula is C17H15NO3. The summed E-state index contributed by atoms with van der Waals surface area (Å²) >= 11 is 0. The monoisotopic (exact) mass is 281 g/mol. The second kappa shape index (κ2) is 5.81.